The molecule has 0 aliphatic rings. The van der Waals surface area contributed by atoms with Gasteiger partial charge in [0.2, 0.25) is 5.88 Å². The molecule has 0 bridgehead atoms. The molecule has 0 aliphatic heterocycles. The lowest BCUT2D eigenvalue weighted by molar-refractivity contribution is 0.315. The number of nitrogens with one attached hydrogen (secondary N) is 2. The van der Waals surface area contributed by atoms with E-state index in [2.05, 4.69) is 30.7 Å². The molecule has 9 nitrogen and oxygen atoms in total. The molecular formula is C21H23N7O2. The minimum absolute atomic E-state index is 0.520. The van der Waals surface area contributed by atoms with E-state index in [1.807, 2.05) is 57.5 Å². The Morgan fingerprint density at radius 3 is 2.73 bits per heavy atom. The second-order valence-electron chi connectivity index (χ2n) is 6.75. The molecule has 0 fully saturated rings. The average molecular weight is 405 g/mol. The summed E-state index contributed by atoms with van der Waals surface area (Å²) < 4.78 is 13.4. The number of fused-ring (bicyclic) bond motifs is 1. The lowest BCUT2D eigenvalue weighted by Gasteiger charge is -2.11. The molecule has 4 aromatic rings. The SMILES string of the molecule is CNCCOc1cnc(Oc2ccc3ncnc(Nc4ccn(C)n4)c3c2)c(C)c1. The number of ether oxygens (including phenoxy) is 2. The summed E-state index contributed by atoms with van der Waals surface area (Å²) in [5, 5.41) is 11.4. The smallest absolute Gasteiger partial charge is 0.222 e. The minimum Gasteiger partial charge on any atom is -0.491 e. The average Bonchev–Trinajstić information content (AvgIpc) is 3.15. The van der Waals surface area contributed by atoms with Crippen LogP contribution in [0.1, 0.15) is 5.56 Å². The molecule has 0 radical (unpaired) electrons. The molecule has 9 heteroatoms. The van der Waals surface area contributed by atoms with Crippen molar-refractivity contribution in [1.29, 1.82) is 0 Å². The van der Waals surface area contributed by atoms with E-state index in [4.69, 9.17) is 9.47 Å². The van der Waals surface area contributed by atoms with Gasteiger partial charge in [-0.15, -0.1) is 0 Å². The number of aromatic nitrogens is 5. The number of hydrogen-bond acceptors (Lipinski definition) is 8. The number of anilines is 2. The summed E-state index contributed by atoms with van der Waals surface area (Å²) >= 11 is 0. The summed E-state index contributed by atoms with van der Waals surface area (Å²) in [5.41, 5.74) is 1.68. The van der Waals surface area contributed by atoms with Crippen LogP contribution >= 0.6 is 0 Å². The maximum Gasteiger partial charge on any atom is 0.222 e. The summed E-state index contributed by atoms with van der Waals surface area (Å²) in [6, 6.07) is 9.43. The molecule has 1 aromatic carbocycles. The lowest BCUT2D eigenvalue weighted by atomic mass is 10.2. The highest BCUT2D eigenvalue weighted by Gasteiger charge is 2.10. The molecule has 30 heavy (non-hydrogen) atoms. The van der Waals surface area contributed by atoms with Crippen molar-refractivity contribution < 1.29 is 9.47 Å². The van der Waals surface area contributed by atoms with Crippen LogP contribution in [0.25, 0.3) is 10.9 Å². The quantitative estimate of drug-likeness (QED) is 0.431. The van der Waals surface area contributed by atoms with E-state index in [1.165, 1.54) is 6.33 Å². The zero-order valence-electron chi connectivity index (χ0n) is 17.1. The van der Waals surface area contributed by atoms with E-state index in [1.54, 1.807) is 10.9 Å². The van der Waals surface area contributed by atoms with Crippen LogP contribution in [0.15, 0.2) is 49.1 Å². The Morgan fingerprint density at radius 2 is 1.97 bits per heavy atom. The van der Waals surface area contributed by atoms with Crippen LogP contribution in [0.4, 0.5) is 11.6 Å². The molecule has 0 spiro atoms. The maximum absolute atomic E-state index is 6.03. The Labute approximate surface area is 174 Å². The molecule has 2 N–H and O–H groups in total. The van der Waals surface area contributed by atoms with Gasteiger partial charge in [-0.2, -0.15) is 5.10 Å². The van der Waals surface area contributed by atoms with E-state index < -0.39 is 0 Å². The predicted molar refractivity (Wildman–Crippen MR) is 114 cm³/mol. The van der Waals surface area contributed by atoms with Gasteiger partial charge in [0, 0.05) is 36.8 Å². The lowest BCUT2D eigenvalue weighted by Crippen LogP contribution is -2.16. The predicted octanol–water partition coefficient (Wildman–Crippen LogP) is 3.20. The fraction of sp³-hybridized carbons (Fsp3) is 0.238. The molecule has 0 saturated heterocycles. The maximum atomic E-state index is 6.03. The van der Waals surface area contributed by atoms with Gasteiger partial charge >= 0.3 is 0 Å². The Balaban J connectivity index is 1.57. The van der Waals surface area contributed by atoms with Crippen molar-refractivity contribution >= 4 is 22.5 Å². The van der Waals surface area contributed by atoms with Crippen molar-refractivity contribution in [3.05, 3.63) is 54.6 Å². The number of rotatable bonds is 8. The molecule has 3 aromatic heterocycles. The van der Waals surface area contributed by atoms with Crippen LogP contribution in [-0.2, 0) is 7.05 Å². The van der Waals surface area contributed by atoms with Crippen molar-refractivity contribution in [2.24, 2.45) is 7.05 Å². The van der Waals surface area contributed by atoms with Crippen LogP contribution in [0.3, 0.4) is 0 Å². The van der Waals surface area contributed by atoms with E-state index in [9.17, 15) is 0 Å². The Kier molecular flexibility index (Phi) is 5.71. The highest BCUT2D eigenvalue weighted by molar-refractivity contribution is 5.91. The summed E-state index contributed by atoms with van der Waals surface area (Å²) in [4.78, 5) is 13.1. The molecule has 154 valence electrons. The zero-order chi connectivity index (χ0) is 20.9. The second-order valence-corrected chi connectivity index (χ2v) is 6.75. The third-order valence-corrected chi connectivity index (χ3v) is 4.41. The largest absolute Gasteiger partial charge is 0.491 e. The van der Waals surface area contributed by atoms with E-state index >= 15 is 0 Å². The fourth-order valence-electron chi connectivity index (χ4n) is 2.91. The standard InChI is InChI=1S/C21H23N7O2/c1-14-10-16(29-9-7-22-2)12-23-21(14)30-15-4-5-18-17(11-15)20(25-13-24-18)26-19-6-8-28(3)27-19/h4-6,8,10-13,22H,7,9H2,1-3H3,(H,24,25,26,27). The third-order valence-electron chi connectivity index (χ3n) is 4.41. The first-order valence-electron chi connectivity index (χ1n) is 9.56. The van der Waals surface area contributed by atoms with Crippen LogP contribution in [0.5, 0.6) is 17.4 Å². The van der Waals surface area contributed by atoms with Gasteiger partial charge in [-0.3, -0.25) is 4.68 Å². The number of likely N-dealkylation sites (N-methyl/N-ethyl adjacent to an activating group) is 1. The van der Waals surface area contributed by atoms with Crippen LogP contribution in [0.2, 0.25) is 0 Å². The fourth-order valence-corrected chi connectivity index (χ4v) is 2.91. The molecule has 3 heterocycles. The van der Waals surface area contributed by atoms with Crippen LogP contribution < -0.4 is 20.1 Å². The summed E-state index contributed by atoms with van der Waals surface area (Å²) in [7, 11) is 3.75. The molecule has 0 saturated carbocycles. The van der Waals surface area contributed by atoms with Crippen molar-refractivity contribution in [3.63, 3.8) is 0 Å². The Morgan fingerprint density at radius 1 is 1.07 bits per heavy atom. The topological polar surface area (TPSA) is 99.0 Å². The number of aryl methyl sites for hydroxylation is 2. The van der Waals surface area contributed by atoms with Gasteiger partial charge < -0.3 is 20.1 Å². The molecular weight excluding hydrogens is 382 g/mol. The van der Waals surface area contributed by atoms with E-state index in [0.29, 0.717) is 35.6 Å². The van der Waals surface area contributed by atoms with Crippen molar-refractivity contribution in [3.8, 4) is 17.4 Å². The number of pyridine rings is 1. The minimum atomic E-state index is 0.520. The van der Waals surface area contributed by atoms with Gasteiger partial charge in [-0.1, -0.05) is 0 Å². The normalized spacial score (nSPS) is 10.9. The van der Waals surface area contributed by atoms with E-state index in [-0.39, 0.29) is 0 Å². The van der Waals surface area contributed by atoms with Gasteiger partial charge in [0.25, 0.3) is 0 Å². The van der Waals surface area contributed by atoms with Gasteiger partial charge in [-0.05, 0) is 38.2 Å². The van der Waals surface area contributed by atoms with Crippen LogP contribution in [0, 0.1) is 6.92 Å². The molecule has 0 amide bonds. The second kappa shape index (κ2) is 8.75. The van der Waals surface area contributed by atoms with Crippen LogP contribution in [-0.4, -0.2) is 44.9 Å². The number of nitrogens with zero attached hydrogens (tertiary/aromatic N) is 5. The van der Waals surface area contributed by atoms with Gasteiger partial charge in [0.05, 0.1) is 11.7 Å². The highest BCUT2D eigenvalue weighted by atomic mass is 16.5. The van der Waals surface area contributed by atoms with Crippen molar-refractivity contribution in [1.82, 2.24) is 30.0 Å². The van der Waals surface area contributed by atoms with Gasteiger partial charge in [0.15, 0.2) is 5.82 Å². The third kappa shape index (κ3) is 4.47. The van der Waals surface area contributed by atoms with Crippen molar-refractivity contribution in [2.45, 2.75) is 6.92 Å². The molecule has 4 rings (SSSR count). The number of benzene rings is 1. The van der Waals surface area contributed by atoms with E-state index in [0.717, 1.165) is 23.0 Å². The summed E-state index contributed by atoms with van der Waals surface area (Å²) in [5.74, 6) is 3.23. The first kappa shape index (κ1) is 19.6. The highest BCUT2D eigenvalue weighted by Crippen LogP contribution is 2.30. The zero-order valence-corrected chi connectivity index (χ0v) is 17.1. The molecule has 0 unspecified atom stereocenters. The first-order valence-corrected chi connectivity index (χ1v) is 9.56. The monoisotopic (exact) mass is 405 g/mol. The van der Waals surface area contributed by atoms with Crippen molar-refractivity contribution in [2.75, 3.05) is 25.5 Å². The van der Waals surface area contributed by atoms with Gasteiger partial charge in [0.1, 0.15) is 30.3 Å². The summed E-state index contributed by atoms with van der Waals surface area (Å²) in [6.45, 7) is 3.28. The van der Waals surface area contributed by atoms with Gasteiger partial charge in [-0.25, -0.2) is 15.0 Å². The Bertz CT molecular complexity index is 1160. The Hall–Kier alpha value is -3.72. The molecule has 0 aliphatic carbocycles. The number of hydrogen-bond donors (Lipinski definition) is 2. The first-order chi connectivity index (χ1) is 14.6. The summed E-state index contributed by atoms with van der Waals surface area (Å²) in [6.07, 6.45) is 5.05. The molecule has 0 atom stereocenters.